The number of rotatable bonds is 7. The first-order valence-corrected chi connectivity index (χ1v) is 14.6. The molecule has 8 heteroatoms. The number of ether oxygens (including phenoxy) is 3. The van der Waals surface area contributed by atoms with Crippen LogP contribution in [-0.2, 0) is 16.1 Å². The van der Waals surface area contributed by atoms with Crippen LogP contribution in [0.1, 0.15) is 67.9 Å². The van der Waals surface area contributed by atoms with Gasteiger partial charge in [-0.3, -0.25) is 0 Å². The Bertz CT molecular complexity index is 1310. The first kappa shape index (κ1) is 27.6. The van der Waals surface area contributed by atoms with E-state index in [-0.39, 0.29) is 6.29 Å². The highest BCUT2D eigenvalue weighted by atomic mass is 32.1. The van der Waals surface area contributed by atoms with Crippen LogP contribution in [0, 0.1) is 11.8 Å². The fourth-order valence-corrected chi connectivity index (χ4v) is 5.94. The van der Waals surface area contributed by atoms with E-state index in [4.69, 9.17) is 24.9 Å². The zero-order valence-electron chi connectivity index (χ0n) is 23.1. The van der Waals surface area contributed by atoms with Crippen LogP contribution in [0.25, 0.3) is 10.6 Å². The van der Waals surface area contributed by atoms with Crippen LogP contribution in [0.4, 0.5) is 5.82 Å². The van der Waals surface area contributed by atoms with Gasteiger partial charge < -0.3 is 24.8 Å². The van der Waals surface area contributed by atoms with Crippen LogP contribution in [0.15, 0.2) is 42.7 Å². The van der Waals surface area contributed by atoms with Gasteiger partial charge in [0.15, 0.2) is 17.9 Å². The third-order valence-corrected chi connectivity index (χ3v) is 8.38. The smallest absolute Gasteiger partial charge is 0.166 e. The first-order valence-electron chi connectivity index (χ1n) is 13.8. The number of pyridine rings is 1. The molecule has 2 N–H and O–H groups in total. The van der Waals surface area contributed by atoms with Gasteiger partial charge in [0.2, 0.25) is 0 Å². The number of nitrogens with two attached hydrogens (primary N) is 1. The van der Waals surface area contributed by atoms with Gasteiger partial charge in [0.25, 0.3) is 0 Å². The lowest BCUT2D eigenvalue weighted by molar-refractivity contribution is -0.199. The van der Waals surface area contributed by atoms with Crippen LogP contribution >= 0.6 is 11.3 Å². The first-order chi connectivity index (χ1) is 18.8. The van der Waals surface area contributed by atoms with Crippen molar-refractivity contribution in [3.8, 4) is 28.2 Å². The summed E-state index contributed by atoms with van der Waals surface area (Å²) in [4.78, 5) is 12.8. The molecule has 206 valence electrons. The lowest BCUT2D eigenvalue weighted by Crippen LogP contribution is -2.33. The van der Waals surface area contributed by atoms with Gasteiger partial charge >= 0.3 is 0 Å². The minimum absolute atomic E-state index is 0.178. The Kier molecular flexibility index (Phi) is 8.83. The normalized spacial score (nSPS) is 18.9. The summed E-state index contributed by atoms with van der Waals surface area (Å²) in [5.74, 6) is 8.01. The molecular weight excluding hydrogens is 508 g/mol. The second kappa shape index (κ2) is 12.5. The Morgan fingerprint density at radius 3 is 2.77 bits per heavy atom. The Morgan fingerprint density at radius 1 is 1.13 bits per heavy atom. The Hall–Kier alpha value is -2.96. The summed E-state index contributed by atoms with van der Waals surface area (Å²) in [5, 5.41) is 0.946. The number of benzene rings is 1. The van der Waals surface area contributed by atoms with Crippen molar-refractivity contribution >= 4 is 17.2 Å². The molecular formula is C31H38N4O3S. The van der Waals surface area contributed by atoms with E-state index in [2.05, 4.69) is 28.8 Å². The van der Waals surface area contributed by atoms with Gasteiger partial charge in [-0.25, -0.2) is 9.97 Å². The molecule has 1 atom stereocenters. The minimum Gasteiger partial charge on any atom is -0.485 e. The van der Waals surface area contributed by atoms with Gasteiger partial charge in [-0.1, -0.05) is 24.0 Å². The number of nitrogens with zero attached hydrogens (tertiary/aromatic N) is 3. The molecule has 2 saturated heterocycles. The Morgan fingerprint density at radius 2 is 1.97 bits per heavy atom. The molecule has 1 aromatic carbocycles. The molecule has 7 nitrogen and oxygen atoms in total. The monoisotopic (exact) mass is 546 g/mol. The number of thiazole rings is 1. The number of hydrogen-bond acceptors (Lipinski definition) is 8. The predicted molar refractivity (Wildman–Crippen MR) is 156 cm³/mol. The highest BCUT2D eigenvalue weighted by Crippen LogP contribution is 2.36. The Balaban J connectivity index is 1.22. The number of nitrogen functional groups attached to an aromatic ring is 1. The highest BCUT2D eigenvalue weighted by molar-refractivity contribution is 7.15. The highest BCUT2D eigenvalue weighted by Gasteiger charge is 2.24. The molecule has 1 unspecified atom stereocenters. The van der Waals surface area contributed by atoms with Crippen molar-refractivity contribution in [1.82, 2.24) is 14.9 Å². The van der Waals surface area contributed by atoms with Crippen molar-refractivity contribution < 1.29 is 14.2 Å². The van der Waals surface area contributed by atoms with Gasteiger partial charge in [-0.15, -0.1) is 11.3 Å². The standard InChI is InChI=1S/C31H38N4O3S/c1-31(2,38-28-9-4-5-16-36-28)13-10-22-7-6-8-23(17-22)21-37-26-18-25(19-33-29(26)32)30-34-20-27(39-30)24-11-14-35(3)15-12-24/h6-8,17-20,24,28H,4-5,9,11-12,14-16,21H2,1-3H3,(H2,32,33). The molecule has 39 heavy (non-hydrogen) atoms. The number of aromatic nitrogens is 2. The molecule has 2 fully saturated rings. The zero-order valence-corrected chi connectivity index (χ0v) is 23.9. The van der Waals surface area contributed by atoms with Crippen molar-refractivity contribution in [2.45, 2.75) is 70.4 Å². The van der Waals surface area contributed by atoms with E-state index < -0.39 is 5.60 Å². The molecule has 3 aromatic rings. The predicted octanol–water partition coefficient (Wildman–Crippen LogP) is 5.85. The molecule has 2 aromatic heterocycles. The lowest BCUT2D eigenvalue weighted by atomic mass is 9.96. The van der Waals surface area contributed by atoms with E-state index in [1.165, 1.54) is 17.7 Å². The average Bonchev–Trinajstić information content (AvgIpc) is 3.43. The largest absolute Gasteiger partial charge is 0.485 e. The molecule has 0 bridgehead atoms. The maximum Gasteiger partial charge on any atom is 0.166 e. The van der Waals surface area contributed by atoms with Gasteiger partial charge in [-0.2, -0.15) is 0 Å². The number of anilines is 1. The quantitative estimate of drug-likeness (QED) is 0.372. The average molecular weight is 547 g/mol. The molecule has 4 heterocycles. The summed E-state index contributed by atoms with van der Waals surface area (Å²) in [5.41, 5.74) is 8.39. The minimum atomic E-state index is -0.599. The second-order valence-electron chi connectivity index (χ2n) is 10.9. The van der Waals surface area contributed by atoms with Gasteiger partial charge in [0.1, 0.15) is 17.2 Å². The number of piperidine rings is 1. The van der Waals surface area contributed by atoms with Gasteiger partial charge in [0.05, 0.1) is 0 Å². The van der Waals surface area contributed by atoms with Crippen molar-refractivity contribution in [2.75, 3.05) is 32.5 Å². The maximum atomic E-state index is 6.16. The summed E-state index contributed by atoms with van der Waals surface area (Å²) >= 11 is 1.74. The summed E-state index contributed by atoms with van der Waals surface area (Å²) in [6.45, 7) is 7.34. The van der Waals surface area contributed by atoms with Crippen LogP contribution in [0.3, 0.4) is 0 Å². The SMILES string of the molecule is CN1CCC(c2cnc(-c3cnc(N)c(OCc4cccc(C#CC(C)(C)OC5CCCCO5)c4)c3)s2)CC1. The summed E-state index contributed by atoms with van der Waals surface area (Å²) < 4.78 is 17.9. The van der Waals surface area contributed by atoms with Gasteiger partial charge in [-0.05, 0) is 95.8 Å². The van der Waals surface area contributed by atoms with Crippen molar-refractivity contribution in [2.24, 2.45) is 0 Å². The summed E-state index contributed by atoms with van der Waals surface area (Å²) in [6.07, 6.45) is 9.11. The molecule has 0 saturated carbocycles. The third-order valence-electron chi connectivity index (χ3n) is 7.17. The van der Waals surface area contributed by atoms with Crippen LogP contribution in [-0.4, -0.2) is 53.5 Å². The van der Waals surface area contributed by atoms with Gasteiger partial charge in [0, 0.05) is 35.0 Å². The Labute approximate surface area is 235 Å². The number of likely N-dealkylation sites (tertiary alicyclic amines) is 1. The van der Waals surface area contributed by atoms with Crippen molar-refractivity contribution in [3.05, 3.63) is 58.7 Å². The van der Waals surface area contributed by atoms with E-state index >= 15 is 0 Å². The van der Waals surface area contributed by atoms with E-state index in [1.807, 2.05) is 50.4 Å². The number of hydrogen-bond donors (Lipinski definition) is 1. The van der Waals surface area contributed by atoms with Crippen LogP contribution < -0.4 is 10.5 Å². The van der Waals surface area contributed by atoms with Crippen molar-refractivity contribution in [3.63, 3.8) is 0 Å². The van der Waals surface area contributed by atoms with E-state index in [0.717, 1.165) is 60.7 Å². The molecule has 0 spiro atoms. The van der Waals surface area contributed by atoms with E-state index in [9.17, 15) is 0 Å². The third kappa shape index (κ3) is 7.58. The lowest BCUT2D eigenvalue weighted by Gasteiger charge is -2.29. The summed E-state index contributed by atoms with van der Waals surface area (Å²) in [6, 6.07) is 9.97. The molecule has 5 rings (SSSR count). The molecule has 0 aliphatic carbocycles. The fourth-order valence-electron chi connectivity index (χ4n) is 4.87. The molecule has 0 amide bonds. The van der Waals surface area contributed by atoms with Crippen LogP contribution in [0.5, 0.6) is 5.75 Å². The summed E-state index contributed by atoms with van der Waals surface area (Å²) in [7, 11) is 2.18. The van der Waals surface area contributed by atoms with Crippen molar-refractivity contribution in [1.29, 1.82) is 0 Å². The molecule has 2 aliphatic heterocycles. The van der Waals surface area contributed by atoms with E-state index in [0.29, 0.717) is 24.1 Å². The van der Waals surface area contributed by atoms with E-state index in [1.54, 1.807) is 17.5 Å². The zero-order chi connectivity index (χ0) is 27.2. The topological polar surface area (TPSA) is 82.7 Å². The maximum absolute atomic E-state index is 6.16. The molecule has 0 radical (unpaired) electrons. The fraction of sp³-hybridized carbons (Fsp3) is 0.484. The van der Waals surface area contributed by atoms with Crippen LogP contribution in [0.2, 0.25) is 0 Å². The molecule has 2 aliphatic rings. The second-order valence-corrected chi connectivity index (χ2v) is 12.0.